The van der Waals surface area contributed by atoms with Crippen molar-refractivity contribution in [2.45, 2.75) is 70.6 Å². The maximum absolute atomic E-state index is 14.1. The number of imidazole rings is 1. The van der Waals surface area contributed by atoms with Gasteiger partial charge in [0.05, 0.1) is 24.9 Å². The molecule has 1 N–H and O–H groups in total. The van der Waals surface area contributed by atoms with Crippen LogP contribution >= 0.6 is 0 Å². The molecule has 7 nitrogen and oxygen atoms in total. The van der Waals surface area contributed by atoms with E-state index in [0.29, 0.717) is 31.9 Å². The van der Waals surface area contributed by atoms with Gasteiger partial charge in [0, 0.05) is 31.4 Å². The van der Waals surface area contributed by atoms with E-state index in [4.69, 9.17) is 9.41 Å². The van der Waals surface area contributed by atoms with Crippen molar-refractivity contribution in [3.05, 3.63) is 119 Å². The zero-order valence-corrected chi connectivity index (χ0v) is 27.2. The molecule has 4 aromatic rings. The number of aliphatic hydroxyl groups is 1. The van der Waals surface area contributed by atoms with Gasteiger partial charge in [-0.05, 0) is 41.4 Å². The van der Waals surface area contributed by atoms with E-state index in [1.807, 2.05) is 90.8 Å². The van der Waals surface area contributed by atoms with Crippen LogP contribution in [0.4, 0.5) is 10.5 Å². The third-order valence-corrected chi connectivity index (χ3v) is 13.5. The third kappa shape index (κ3) is 6.61. The second-order valence-electron chi connectivity index (χ2n) is 13.0. The van der Waals surface area contributed by atoms with Gasteiger partial charge in [0.25, 0.3) is 0 Å². The largest absolute Gasteiger partial charge is 0.415 e. The summed E-state index contributed by atoms with van der Waals surface area (Å²) < 4.78 is 8.90. The van der Waals surface area contributed by atoms with Crippen molar-refractivity contribution in [1.82, 2.24) is 14.5 Å². The lowest BCUT2D eigenvalue weighted by Crippen LogP contribution is -2.53. The fourth-order valence-corrected chi connectivity index (χ4v) is 6.36. The van der Waals surface area contributed by atoms with Gasteiger partial charge in [-0.2, -0.15) is 0 Å². The number of carbonyl (C=O) groups excluding carboxylic acids is 1. The number of aliphatic hydroxyl groups excluding tert-OH is 1. The Kier molecular flexibility index (Phi) is 8.92. The molecule has 0 fully saturated rings. The summed E-state index contributed by atoms with van der Waals surface area (Å²) in [5, 5.41) is 11.6. The second kappa shape index (κ2) is 12.5. The first-order valence-electron chi connectivity index (χ1n) is 15.0. The van der Waals surface area contributed by atoms with Crippen molar-refractivity contribution in [3.8, 4) is 0 Å². The summed E-state index contributed by atoms with van der Waals surface area (Å²) in [6.45, 7) is 12.6. The molecule has 0 bridgehead atoms. The van der Waals surface area contributed by atoms with Crippen molar-refractivity contribution in [2.24, 2.45) is 0 Å². The average Bonchev–Trinajstić information content (AvgIpc) is 3.36. The molecule has 5 rings (SSSR count). The lowest BCUT2D eigenvalue weighted by Gasteiger charge is -2.41. The highest BCUT2D eigenvalue weighted by Crippen LogP contribution is 2.38. The first-order valence-corrected chi connectivity index (χ1v) is 18.0. The van der Waals surface area contributed by atoms with E-state index in [-0.39, 0.29) is 17.1 Å². The van der Waals surface area contributed by atoms with Crippen molar-refractivity contribution in [3.63, 3.8) is 0 Å². The molecular formula is C35H44N4O3Si. The molecule has 0 saturated heterocycles. The van der Waals surface area contributed by atoms with E-state index in [1.165, 1.54) is 0 Å². The predicted molar refractivity (Wildman–Crippen MR) is 175 cm³/mol. The van der Waals surface area contributed by atoms with E-state index in [1.54, 1.807) is 4.90 Å². The van der Waals surface area contributed by atoms with Crippen molar-refractivity contribution in [1.29, 1.82) is 0 Å². The van der Waals surface area contributed by atoms with Gasteiger partial charge in [-0.3, -0.25) is 4.90 Å². The highest BCUT2D eigenvalue weighted by Gasteiger charge is 2.41. The molecule has 1 aromatic heterocycles. The Bertz CT molecular complexity index is 1520. The van der Waals surface area contributed by atoms with E-state index >= 15 is 0 Å². The second-order valence-corrected chi connectivity index (χ2v) is 17.8. The molecule has 0 aliphatic carbocycles. The first kappa shape index (κ1) is 30.7. The molecule has 2 atom stereocenters. The summed E-state index contributed by atoms with van der Waals surface area (Å²) in [4.78, 5) is 22.7. The molecule has 43 heavy (non-hydrogen) atoms. The first-order chi connectivity index (χ1) is 20.5. The molecule has 8 heteroatoms. The minimum Gasteiger partial charge on any atom is -0.415 e. The van der Waals surface area contributed by atoms with Gasteiger partial charge in [0.2, 0.25) is 0 Å². The number of nitrogens with zero attached hydrogens (tertiary/aromatic N) is 4. The van der Waals surface area contributed by atoms with Crippen LogP contribution in [-0.2, 0) is 23.9 Å². The summed E-state index contributed by atoms with van der Waals surface area (Å²) >= 11 is 0. The molecule has 1 unspecified atom stereocenters. The molecule has 2 amide bonds. The van der Waals surface area contributed by atoms with E-state index in [2.05, 4.69) is 50.6 Å². The molecular weight excluding hydrogens is 552 g/mol. The van der Waals surface area contributed by atoms with Gasteiger partial charge in [-0.1, -0.05) is 99.6 Å². The minimum atomic E-state index is -2.08. The standard InChI is InChI=1S/C35H44N4O3Si/c1-35(2,3)43(5,6)42-25-29-22-31-30(24-38(29)34(41)37(4)28-20-14-9-15-21-28)36-33(32(40)27-18-12-8-13-19-27)39(31)23-26-16-10-7-11-17-26/h7-21,29,32,40H,22-25H2,1-6H3/t29-,32?/m0/s1. The number of hydrogen-bond acceptors (Lipinski definition) is 4. The number of amides is 2. The number of urea groups is 1. The van der Waals surface area contributed by atoms with Gasteiger partial charge >= 0.3 is 6.03 Å². The van der Waals surface area contributed by atoms with Crippen molar-refractivity contribution in [2.75, 3.05) is 18.6 Å². The number of para-hydroxylation sites is 1. The van der Waals surface area contributed by atoms with E-state index in [9.17, 15) is 9.90 Å². The molecule has 0 saturated carbocycles. The number of carbonyl (C=O) groups is 1. The average molecular weight is 597 g/mol. The van der Waals surface area contributed by atoms with Crippen LogP contribution in [0.25, 0.3) is 0 Å². The normalized spacial score (nSPS) is 16.1. The smallest absolute Gasteiger partial charge is 0.324 e. The van der Waals surface area contributed by atoms with Crippen LogP contribution < -0.4 is 4.90 Å². The molecule has 226 valence electrons. The molecule has 1 aliphatic heterocycles. The minimum absolute atomic E-state index is 0.0462. The predicted octanol–water partition coefficient (Wildman–Crippen LogP) is 7.02. The monoisotopic (exact) mass is 596 g/mol. The lowest BCUT2D eigenvalue weighted by atomic mass is 10.0. The van der Waals surface area contributed by atoms with E-state index in [0.717, 1.165) is 28.2 Å². The Morgan fingerprint density at radius 3 is 2.19 bits per heavy atom. The molecule has 3 aromatic carbocycles. The van der Waals surface area contributed by atoms with Gasteiger partial charge in [0.15, 0.2) is 8.32 Å². The van der Waals surface area contributed by atoms with Crippen LogP contribution in [0, 0.1) is 0 Å². The van der Waals surface area contributed by atoms with Crippen molar-refractivity contribution >= 4 is 20.0 Å². The molecule has 0 spiro atoms. The van der Waals surface area contributed by atoms with Crippen molar-refractivity contribution < 1.29 is 14.3 Å². The van der Waals surface area contributed by atoms with Gasteiger partial charge < -0.3 is 19.0 Å². The lowest BCUT2D eigenvalue weighted by molar-refractivity contribution is 0.126. The van der Waals surface area contributed by atoms with Gasteiger partial charge in [0.1, 0.15) is 11.9 Å². The molecule has 2 heterocycles. The molecule has 1 aliphatic rings. The topological polar surface area (TPSA) is 70.8 Å². The Morgan fingerprint density at radius 1 is 1.00 bits per heavy atom. The fraction of sp³-hybridized carbons (Fsp3) is 0.371. The Balaban J connectivity index is 1.55. The highest BCUT2D eigenvalue weighted by atomic mass is 28.4. The molecule has 0 radical (unpaired) electrons. The third-order valence-electron chi connectivity index (χ3n) is 9.04. The number of rotatable bonds is 8. The SMILES string of the molecule is CN(C(=O)N1Cc2nc(C(O)c3ccccc3)n(Cc3ccccc3)c2C[C@H]1CO[Si](C)(C)C(C)(C)C)c1ccccc1. The maximum atomic E-state index is 14.1. The van der Waals surface area contributed by atoms with Crippen LogP contribution in [-0.4, -0.2) is 53.6 Å². The summed E-state index contributed by atoms with van der Waals surface area (Å²) in [5.74, 6) is 0.592. The van der Waals surface area contributed by atoms with Crippen LogP contribution in [0.15, 0.2) is 91.0 Å². The number of fused-ring (bicyclic) bond motifs is 1. The van der Waals surface area contributed by atoms with Gasteiger partial charge in [-0.25, -0.2) is 9.78 Å². The van der Waals surface area contributed by atoms with E-state index < -0.39 is 14.4 Å². The van der Waals surface area contributed by atoms with Crippen LogP contribution in [0.5, 0.6) is 0 Å². The summed E-state index contributed by atoms with van der Waals surface area (Å²) in [5.41, 5.74) is 4.61. The number of anilines is 1. The number of hydrogen-bond donors (Lipinski definition) is 1. The maximum Gasteiger partial charge on any atom is 0.324 e. The summed E-state index contributed by atoms with van der Waals surface area (Å²) in [7, 11) is -0.264. The zero-order chi connectivity index (χ0) is 30.8. The van der Waals surface area contributed by atoms with Gasteiger partial charge in [-0.15, -0.1) is 0 Å². The van der Waals surface area contributed by atoms with Crippen LogP contribution in [0.1, 0.15) is 55.2 Å². The highest BCUT2D eigenvalue weighted by molar-refractivity contribution is 6.74. The fourth-order valence-electron chi connectivity index (χ4n) is 5.32. The number of benzene rings is 3. The Morgan fingerprint density at radius 2 is 1.58 bits per heavy atom. The van der Waals surface area contributed by atoms with Crippen LogP contribution in [0.3, 0.4) is 0 Å². The van der Waals surface area contributed by atoms with Crippen LogP contribution in [0.2, 0.25) is 18.1 Å². The Labute approximate surface area is 256 Å². The summed E-state index contributed by atoms with van der Waals surface area (Å²) in [6, 6.07) is 29.3. The summed E-state index contributed by atoms with van der Waals surface area (Å²) in [6.07, 6.45) is -0.312. The quantitative estimate of drug-likeness (QED) is 0.222. The Hall–Kier alpha value is -3.72. The zero-order valence-electron chi connectivity index (χ0n) is 26.2. The number of aromatic nitrogens is 2.